The van der Waals surface area contributed by atoms with Crippen LogP contribution in [0, 0.1) is 0 Å². The summed E-state index contributed by atoms with van der Waals surface area (Å²) < 4.78 is 5.70. The highest BCUT2D eigenvalue weighted by molar-refractivity contribution is 5.93. The van der Waals surface area contributed by atoms with E-state index in [9.17, 15) is 4.79 Å². The monoisotopic (exact) mass is 314 g/mol. The van der Waals surface area contributed by atoms with Crippen molar-refractivity contribution in [1.29, 1.82) is 0 Å². The van der Waals surface area contributed by atoms with Crippen LogP contribution >= 0.6 is 0 Å². The summed E-state index contributed by atoms with van der Waals surface area (Å²) in [6, 6.07) is 9.20. The van der Waals surface area contributed by atoms with Crippen LogP contribution in [0.1, 0.15) is 37.2 Å². The van der Waals surface area contributed by atoms with E-state index in [1.165, 1.54) is 0 Å². The molecular formula is C17H22N4O2. The van der Waals surface area contributed by atoms with E-state index < -0.39 is 0 Å². The quantitative estimate of drug-likeness (QED) is 0.767. The van der Waals surface area contributed by atoms with Gasteiger partial charge in [0.25, 0.3) is 5.91 Å². The first-order chi connectivity index (χ1) is 11.1. The van der Waals surface area contributed by atoms with Gasteiger partial charge in [0.1, 0.15) is 11.4 Å². The average Bonchev–Trinajstić information content (AvgIpc) is 2.55. The fourth-order valence-corrected chi connectivity index (χ4v) is 2.06. The van der Waals surface area contributed by atoms with Crippen LogP contribution in [-0.2, 0) is 0 Å². The number of unbranched alkanes of at least 4 members (excludes halogenated alkanes) is 1. The van der Waals surface area contributed by atoms with Gasteiger partial charge in [-0.15, -0.1) is 0 Å². The molecule has 3 N–H and O–H groups in total. The molecule has 122 valence electrons. The van der Waals surface area contributed by atoms with Crippen LogP contribution in [0.2, 0.25) is 0 Å². The molecule has 1 heterocycles. The Bertz CT molecular complexity index is 673. The number of hydrogen-bond acceptors (Lipinski definition) is 5. The predicted molar refractivity (Wildman–Crippen MR) is 90.3 cm³/mol. The lowest BCUT2D eigenvalue weighted by atomic mass is 10.1. The zero-order chi connectivity index (χ0) is 16.7. The number of nitrogen functional groups attached to an aromatic ring is 1. The topological polar surface area (TPSA) is 90.1 Å². The molecule has 6 nitrogen and oxygen atoms in total. The third-order valence-electron chi connectivity index (χ3n) is 3.21. The van der Waals surface area contributed by atoms with E-state index >= 15 is 0 Å². The fourth-order valence-electron chi connectivity index (χ4n) is 2.06. The van der Waals surface area contributed by atoms with E-state index in [1.807, 2.05) is 31.2 Å². The van der Waals surface area contributed by atoms with Crippen LogP contribution in [0.3, 0.4) is 0 Å². The zero-order valence-corrected chi connectivity index (χ0v) is 13.5. The maximum absolute atomic E-state index is 11.9. The molecule has 0 unspecified atom stereocenters. The molecule has 0 spiro atoms. The molecule has 2 aromatic rings. The molecule has 2 rings (SSSR count). The number of amides is 1. The summed E-state index contributed by atoms with van der Waals surface area (Å²) in [5.41, 5.74) is 7.42. The minimum atomic E-state index is -0.266. The van der Waals surface area contributed by atoms with Crippen LogP contribution < -0.4 is 15.8 Å². The zero-order valence-electron chi connectivity index (χ0n) is 13.5. The normalized spacial score (nSPS) is 10.3. The van der Waals surface area contributed by atoms with Crippen molar-refractivity contribution in [3.63, 3.8) is 0 Å². The van der Waals surface area contributed by atoms with Gasteiger partial charge in [0, 0.05) is 12.1 Å². The Morgan fingerprint density at radius 3 is 2.83 bits per heavy atom. The number of aromatic nitrogens is 2. The SMILES string of the molecule is CCCCOc1cccc(-c2cc(C(=O)NCC)nc(N)n2)c1. The number of nitrogens with zero attached hydrogens (tertiary/aromatic N) is 2. The van der Waals surface area contributed by atoms with E-state index in [0.29, 0.717) is 18.8 Å². The summed E-state index contributed by atoms with van der Waals surface area (Å²) in [4.78, 5) is 20.1. The first-order valence-electron chi connectivity index (χ1n) is 7.80. The number of carbonyl (C=O) groups is 1. The summed E-state index contributed by atoms with van der Waals surface area (Å²) in [7, 11) is 0. The fraction of sp³-hybridized carbons (Fsp3) is 0.353. The highest BCUT2D eigenvalue weighted by Gasteiger charge is 2.11. The predicted octanol–water partition coefficient (Wildman–Crippen LogP) is 2.65. The lowest BCUT2D eigenvalue weighted by molar-refractivity contribution is 0.0951. The van der Waals surface area contributed by atoms with Gasteiger partial charge >= 0.3 is 0 Å². The standard InChI is InChI=1S/C17H22N4O2/c1-3-5-9-23-13-8-6-7-12(10-13)14-11-15(16(22)19-4-2)21-17(18)20-14/h6-8,10-11H,3-5,9H2,1-2H3,(H,19,22)(H2,18,20,21). The molecule has 0 aliphatic heterocycles. The Kier molecular flexibility index (Phi) is 5.91. The number of ether oxygens (including phenoxy) is 1. The second-order valence-electron chi connectivity index (χ2n) is 5.09. The highest BCUT2D eigenvalue weighted by atomic mass is 16.5. The first kappa shape index (κ1) is 16.7. The van der Waals surface area contributed by atoms with Crippen LogP contribution in [0.15, 0.2) is 30.3 Å². The first-order valence-corrected chi connectivity index (χ1v) is 7.80. The molecule has 1 aromatic carbocycles. The van der Waals surface area contributed by atoms with E-state index in [1.54, 1.807) is 6.07 Å². The van der Waals surface area contributed by atoms with Crippen molar-refractivity contribution in [3.8, 4) is 17.0 Å². The van der Waals surface area contributed by atoms with Gasteiger partial charge in [-0.1, -0.05) is 25.5 Å². The van der Waals surface area contributed by atoms with Gasteiger partial charge < -0.3 is 15.8 Å². The van der Waals surface area contributed by atoms with Crippen LogP contribution in [0.4, 0.5) is 5.95 Å². The Labute approximate surface area is 136 Å². The summed E-state index contributed by atoms with van der Waals surface area (Å²) in [6.45, 7) is 5.17. The van der Waals surface area contributed by atoms with Crippen LogP contribution in [0.25, 0.3) is 11.3 Å². The molecule has 0 atom stereocenters. The van der Waals surface area contributed by atoms with Crippen molar-refractivity contribution < 1.29 is 9.53 Å². The number of benzene rings is 1. The van der Waals surface area contributed by atoms with Gasteiger partial charge in [-0.05, 0) is 31.5 Å². The van der Waals surface area contributed by atoms with Gasteiger partial charge in [0.15, 0.2) is 0 Å². The third kappa shape index (κ3) is 4.67. The maximum atomic E-state index is 11.9. The van der Waals surface area contributed by atoms with E-state index in [4.69, 9.17) is 10.5 Å². The van der Waals surface area contributed by atoms with Crippen LogP contribution in [-0.4, -0.2) is 29.0 Å². The Morgan fingerprint density at radius 1 is 1.26 bits per heavy atom. The second-order valence-corrected chi connectivity index (χ2v) is 5.09. The Balaban J connectivity index is 2.27. The highest BCUT2D eigenvalue weighted by Crippen LogP contribution is 2.23. The van der Waals surface area contributed by atoms with Crippen molar-refractivity contribution in [2.45, 2.75) is 26.7 Å². The molecule has 0 radical (unpaired) electrons. The average molecular weight is 314 g/mol. The van der Waals surface area contributed by atoms with E-state index in [-0.39, 0.29) is 17.5 Å². The van der Waals surface area contributed by atoms with Gasteiger partial charge in [-0.2, -0.15) is 0 Å². The van der Waals surface area contributed by atoms with Gasteiger partial charge in [-0.25, -0.2) is 9.97 Å². The van der Waals surface area contributed by atoms with Gasteiger partial charge in [0.05, 0.1) is 12.3 Å². The molecule has 1 aromatic heterocycles. The summed E-state index contributed by atoms with van der Waals surface area (Å²) in [6.07, 6.45) is 2.09. The maximum Gasteiger partial charge on any atom is 0.270 e. The molecule has 0 saturated heterocycles. The lowest BCUT2D eigenvalue weighted by Crippen LogP contribution is -2.24. The Morgan fingerprint density at radius 2 is 2.09 bits per heavy atom. The van der Waals surface area contributed by atoms with Gasteiger partial charge in [0.2, 0.25) is 5.95 Å². The molecule has 1 amide bonds. The summed E-state index contributed by atoms with van der Waals surface area (Å²) in [5, 5.41) is 2.70. The number of nitrogens with two attached hydrogens (primary N) is 1. The van der Waals surface area contributed by atoms with Crippen molar-refractivity contribution in [3.05, 3.63) is 36.0 Å². The molecule has 0 fully saturated rings. The molecule has 0 saturated carbocycles. The number of rotatable bonds is 7. The minimum Gasteiger partial charge on any atom is -0.494 e. The lowest BCUT2D eigenvalue weighted by Gasteiger charge is -2.09. The Hall–Kier alpha value is -2.63. The minimum absolute atomic E-state index is 0.0704. The number of nitrogens with one attached hydrogen (secondary N) is 1. The van der Waals surface area contributed by atoms with Gasteiger partial charge in [-0.3, -0.25) is 4.79 Å². The summed E-state index contributed by atoms with van der Waals surface area (Å²) >= 11 is 0. The molecule has 0 bridgehead atoms. The molecule has 6 heteroatoms. The van der Waals surface area contributed by atoms with E-state index in [2.05, 4.69) is 22.2 Å². The smallest absolute Gasteiger partial charge is 0.270 e. The van der Waals surface area contributed by atoms with E-state index in [0.717, 1.165) is 24.2 Å². The molecule has 0 aliphatic rings. The molecule has 23 heavy (non-hydrogen) atoms. The number of carbonyl (C=O) groups excluding carboxylic acids is 1. The van der Waals surface area contributed by atoms with Crippen molar-refractivity contribution in [2.24, 2.45) is 0 Å². The van der Waals surface area contributed by atoms with Crippen molar-refractivity contribution >= 4 is 11.9 Å². The molecular weight excluding hydrogens is 292 g/mol. The number of anilines is 1. The van der Waals surface area contributed by atoms with Crippen molar-refractivity contribution in [1.82, 2.24) is 15.3 Å². The largest absolute Gasteiger partial charge is 0.494 e. The molecule has 0 aliphatic carbocycles. The van der Waals surface area contributed by atoms with Crippen LogP contribution in [0.5, 0.6) is 5.75 Å². The van der Waals surface area contributed by atoms with Crippen molar-refractivity contribution in [2.75, 3.05) is 18.9 Å². The summed E-state index contributed by atoms with van der Waals surface area (Å²) in [5.74, 6) is 0.576. The third-order valence-corrected chi connectivity index (χ3v) is 3.21. The number of hydrogen-bond donors (Lipinski definition) is 2. The second kappa shape index (κ2) is 8.12.